The smallest absolute Gasteiger partial charge is 0.105 e. The van der Waals surface area contributed by atoms with Crippen molar-refractivity contribution in [2.24, 2.45) is 0 Å². The molecule has 0 bridgehead atoms. The summed E-state index contributed by atoms with van der Waals surface area (Å²) in [6.45, 7) is 6.06. The van der Waals surface area contributed by atoms with E-state index in [-0.39, 0.29) is 0 Å². The third kappa shape index (κ3) is 3.31. The van der Waals surface area contributed by atoms with E-state index in [1.165, 1.54) is 0 Å². The van der Waals surface area contributed by atoms with Crippen molar-refractivity contribution >= 4 is 11.6 Å². The third-order valence-corrected chi connectivity index (χ3v) is 2.76. The molecule has 0 saturated carbocycles. The van der Waals surface area contributed by atoms with E-state index in [4.69, 9.17) is 11.6 Å². The van der Waals surface area contributed by atoms with E-state index >= 15 is 0 Å². The maximum absolute atomic E-state index is 5.78. The van der Waals surface area contributed by atoms with Gasteiger partial charge in [-0.3, -0.25) is 0 Å². The number of halogens is 1. The number of imidazole rings is 1. The highest BCUT2D eigenvalue weighted by molar-refractivity contribution is 6.18. The molecule has 1 aromatic heterocycles. The van der Waals surface area contributed by atoms with Crippen LogP contribution >= 0.6 is 11.6 Å². The topological polar surface area (TPSA) is 29.9 Å². The van der Waals surface area contributed by atoms with E-state index in [9.17, 15) is 0 Å². The molecule has 14 heavy (non-hydrogen) atoms. The predicted molar refractivity (Wildman–Crippen MR) is 59.8 cm³/mol. The summed E-state index contributed by atoms with van der Waals surface area (Å²) in [5.74, 6) is 1.74. The zero-order chi connectivity index (χ0) is 10.4. The van der Waals surface area contributed by atoms with Crippen LogP contribution in [0.5, 0.6) is 0 Å². The first-order chi connectivity index (χ1) is 6.77. The molecule has 0 fully saturated rings. The molecule has 0 aliphatic heterocycles. The normalized spacial score (nSPS) is 13.1. The van der Waals surface area contributed by atoms with E-state index in [1.807, 2.05) is 19.3 Å². The lowest BCUT2D eigenvalue weighted by Crippen LogP contribution is -2.32. The minimum Gasteiger partial charge on any atom is -0.334 e. The van der Waals surface area contributed by atoms with Crippen molar-refractivity contribution in [1.82, 2.24) is 14.9 Å². The van der Waals surface area contributed by atoms with Gasteiger partial charge in [-0.1, -0.05) is 6.92 Å². The molecule has 0 spiro atoms. The monoisotopic (exact) mass is 215 g/mol. The van der Waals surface area contributed by atoms with Crippen LogP contribution in [0.4, 0.5) is 0 Å². The highest BCUT2D eigenvalue weighted by atomic mass is 35.5. The lowest BCUT2D eigenvalue weighted by atomic mass is 10.2. The van der Waals surface area contributed by atoms with Gasteiger partial charge in [-0.15, -0.1) is 11.6 Å². The van der Waals surface area contributed by atoms with Crippen molar-refractivity contribution in [2.75, 3.05) is 12.4 Å². The molecule has 0 radical (unpaired) electrons. The number of hydrogen-bond acceptors (Lipinski definition) is 2. The van der Waals surface area contributed by atoms with Gasteiger partial charge >= 0.3 is 0 Å². The first-order valence-electron chi connectivity index (χ1n) is 5.05. The molecule has 0 saturated heterocycles. The van der Waals surface area contributed by atoms with Gasteiger partial charge in [-0.2, -0.15) is 0 Å². The van der Waals surface area contributed by atoms with E-state index < -0.39 is 0 Å². The van der Waals surface area contributed by atoms with Gasteiger partial charge in [0.15, 0.2) is 0 Å². The van der Waals surface area contributed by atoms with Gasteiger partial charge in [0.25, 0.3) is 0 Å². The molecule has 0 aliphatic rings. The molecule has 0 aliphatic carbocycles. The Kier molecular flexibility index (Phi) is 4.98. The molecule has 80 valence electrons. The first kappa shape index (κ1) is 11.5. The molecule has 3 nitrogen and oxygen atoms in total. The largest absolute Gasteiger partial charge is 0.334 e. The van der Waals surface area contributed by atoms with Crippen LogP contribution in [0.1, 0.15) is 19.2 Å². The van der Waals surface area contributed by atoms with Crippen molar-refractivity contribution in [3.63, 3.8) is 0 Å². The van der Waals surface area contributed by atoms with Crippen LogP contribution in [-0.2, 0) is 6.54 Å². The molecule has 1 unspecified atom stereocenters. The van der Waals surface area contributed by atoms with Crippen molar-refractivity contribution in [3.05, 3.63) is 18.2 Å². The third-order valence-electron chi connectivity index (χ3n) is 2.39. The Bertz CT molecular complexity index is 256. The average Bonchev–Trinajstić information content (AvgIpc) is 2.59. The standard InChI is InChI=1S/C10H18ClN3/c1-3-10(8-11)13-5-7-14-6-4-12-9(14)2/h4,6,10,13H,3,5,7-8H2,1-2H3. The van der Waals surface area contributed by atoms with Gasteiger partial charge in [0, 0.05) is 37.4 Å². The summed E-state index contributed by atoms with van der Waals surface area (Å²) >= 11 is 5.78. The van der Waals surface area contributed by atoms with Gasteiger partial charge in [0.1, 0.15) is 5.82 Å². The van der Waals surface area contributed by atoms with Crippen LogP contribution in [0.15, 0.2) is 12.4 Å². The molecular formula is C10H18ClN3. The Morgan fingerprint density at radius 1 is 1.64 bits per heavy atom. The highest BCUT2D eigenvalue weighted by Gasteiger charge is 2.02. The van der Waals surface area contributed by atoms with Crippen molar-refractivity contribution in [2.45, 2.75) is 32.9 Å². The number of aryl methyl sites for hydroxylation is 1. The predicted octanol–water partition coefficient (Wildman–Crippen LogP) is 1.80. The lowest BCUT2D eigenvalue weighted by Gasteiger charge is -2.14. The molecule has 1 aromatic rings. The first-order valence-corrected chi connectivity index (χ1v) is 5.58. The quantitative estimate of drug-likeness (QED) is 0.734. The van der Waals surface area contributed by atoms with Crippen molar-refractivity contribution in [1.29, 1.82) is 0 Å². The summed E-state index contributed by atoms with van der Waals surface area (Å²) in [7, 11) is 0. The number of nitrogens with zero attached hydrogens (tertiary/aromatic N) is 2. The lowest BCUT2D eigenvalue weighted by molar-refractivity contribution is 0.504. The Labute approximate surface area is 90.5 Å². The number of hydrogen-bond donors (Lipinski definition) is 1. The van der Waals surface area contributed by atoms with E-state index in [2.05, 4.69) is 21.8 Å². The molecule has 0 aromatic carbocycles. The van der Waals surface area contributed by atoms with Gasteiger partial charge < -0.3 is 9.88 Å². The molecule has 1 rings (SSSR count). The zero-order valence-electron chi connectivity index (χ0n) is 8.83. The summed E-state index contributed by atoms with van der Waals surface area (Å²) in [4.78, 5) is 4.16. The van der Waals surface area contributed by atoms with Crippen LogP contribution < -0.4 is 5.32 Å². The Morgan fingerprint density at radius 3 is 2.93 bits per heavy atom. The number of alkyl halides is 1. The Balaban J connectivity index is 2.24. The van der Waals surface area contributed by atoms with Crippen LogP contribution in [0.25, 0.3) is 0 Å². The van der Waals surface area contributed by atoms with Crippen molar-refractivity contribution < 1.29 is 0 Å². The highest BCUT2D eigenvalue weighted by Crippen LogP contribution is 1.96. The molecule has 1 heterocycles. The fourth-order valence-corrected chi connectivity index (χ4v) is 1.66. The van der Waals surface area contributed by atoms with Gasteiger partial charge in [-0.05, 0) is 13.3 Å². The summed E-state index contributed by atoms with van der Waals surface area (Å²) in [6, 6.07) is 0.431. The number of nitrogens with one attached hydrogen (secondary N) is 1. The Hall–Kier alpha value is -0.540. The second-order valence-corrected chi connectivity index (χ2v) is 3.69. The number of aromatic nitrogens is 2. The van der Waals surface area contributed by atoms with E-state index in [1.54, 1.807) is 0 Å². The second-order valence-electron chi connectivity index (χ2n) is 3.38. The van der Waals surface area contributed by atoms with Gasteiger partial charge in [-0.25, -0.2) is 4.98 Å². The summed E-state index contributed by atoms with van der Waals surface area (Å²) in [6.07, 6.45) is 4.90. The van der Waals surface area contributed by atoms with E-state index in [0.717, 1.165) is 25.3 Å². The van der Waals surface area contributed by atoms with Crippen LogP contribution in [-0.4, -0.2) is 28.0 Å². The molecular weight excluding hydrogens is 198 g/mol. The van der Waals surface area contributed by atoms with E-state index in [0.29, 0.717) is 11.9 Å². The Morgan fingerprint density at radius 2 is 2.43 bits per heavy atom. The fraction of sp³-hybridized carbons (Fsp3) is 0.700. The molecule has 1 N–H and O–H groups in total. The van der Waals surface area contributed by atoms with Crippen LogP contribution in [0.3, 0.4) is 0 Å². The number of rotatable bonds is 6. The second kappa shape index (κ2) is 6.04. The minimum atomic E-state index is 0.431. The summed E-state index contributed by atoms with van der Waals surface area (Å²) in [5, 5.41) is 3.40. The average molecular weight is 216 g/mol. The van der Waals surface area contributed by atoms with Crippen molar-refractivity contribution in [3.8, 4) is 0 Å². The fourth-order valence-electron chi connectivity index (χ4n) is 1.34. The molecule has 0 amide bonds. The maximum atomic E-state index is 5.78. The van der Waals surface area contributed by atoms with Gasteiger partial charge in [0.05, 0.1) is 0 Å². The minimum absolute atomic E-state index is 0.431. The molecule has 4 heteroatoms. The summed E-state index contributed by atoms with van der Waals surface area (Å²) in [5.41, 5.74) is 0. The summed E-state index contributed by atoms with van der Waals surface area (Å²) < 4.78 is 2.13. The van der Waals surface area contributed by atoms with Crippen LogP contribution in [0, 0.1) is 6.92 Å². The SMILES string of the molecule is CCC(CCl)NCCn1ccnc1C. The van der Waals surface area contributed by atoms with Gasteiger partial charge in [0.2, 0.25) is 0 Å². The van der Waals surface area contributed by atoms with Crippen LogP contribution in [0.2, 0.25) is 0 Å². The maximum Gasteiger partial charge on any atom is 0.105 e. The zero-order valence-corrected chi connectivity index (χ0v) is 9.59. The molecule has 1 atom stereocenters.